The predicted molar refractivity (Wildman–Crippen MR) is 135 cm³/mol. The summed E-state index contributed by atoms with van der Waals surface area (Å²) >= 11 is 0. The van der Waals surface area contributed by atoms with Crippen LogP contribution in [0.5, 0.6) is 0 Å². The Morgan fingerprint density at radius 1 is 0.600 bits per heavy atom. The molecule has 0 heterocycles. The molecule has 0 bridgehead atoms. The molecule has 1 amide bonds. The normalized spacial score (nSPS) is 12.2. The van der Waals surface area contributed by atoms with E-state index in [4.69, 9.17) is 0 Å². The molecule has 1 N–H and O–H groups in total. The molecule has 10 heteroatoms. The number of hydrogen-bond donors (Lipinski definition) is 1. The van der Waals surface area contributed by atoms with Gasteiger partial charge in [0, 0.05) is 11.3 Å². The Kier molecular flexibility index (Phi) is 7.99. The van der Waals surface area contributed by atoms with E-state index in [0.717, 1.165) is 24.3 Å². The van der Waals surface area contributed by atoms with Crippen molar-refractivity contribution in [1.82, 2.24) is 0 Å². The quantitative estimate of drug-likeness (QED) is 0.188. The fourth-order valence-electron chi connectivity index (χ4n) is 4.22. The fourth-order valence-corrected chi connectivity index (χ4v) is 4.22. The lowest BCUT2D eigenvalue weighted by atomic mass is 9.90. The van der Waals surface area contributed by atoms with Crippen LogP contribution in [-0.2, 0) is 15.1 Å². The minimum absolute atomic E-state index is 0.0572. The van der Waals surface area contributed by atoms with Gasteiger partial charge in [-0.1, -0.05) is 91.0 Å². The first-order valence-electron chi connectivity index (χ1n) is 11.9. The Balaban J connectivity index is 1.68. The van der Waals surface area contributed by atoms with Gasteiger partial charge in [-0.2, -0.15) is 26.3 Å². The van der Waals surface area contributed by atoms with E-state index in [1.807, 2.05) is 0 Å². The summed E-state index contributed by atoms with van der Waals surface area (Å²) in [5.41, 5.74) is -5.62. The molecule has 0 aromatic heterocycles. The number of halogens is 6. The van der Waals surface area contributed by atoms with Gasteiger partial charge < -0.3 is 10.1 Å². The van der Waals surface area contributed by atoms with Crippen molar-refractivity contribution in [2.24, 2.45) is 0 Å². The second kappa shape index (κ2) is 11.3. The maximum atomic E-state index is 14.2. The first kappa shape index (κ1) is 28.4. The molecule has 0 unspecified atom stereocenters. The van der Waals surface area contributed by atoms with E-state index in [-0.39, 0.29) is 5.69 Å². The molecule has 40 heavy (non-hydrogen) atoms. The molecule has 4 aromatic carbocycles. The Bertz CT molecular complexity index is 1390. The van der Waals surface area contributed by atoms with Gasteiger partial charge in [-0.15, -0.1) is 0 Å². The zero-order valence-electron chi connectivity index (χ0n) is 20.5. The molecule has 0 saturated heterocycles. The summed E-state index contributed by atoms with van der Waals surface area (Å²) in [6.45, 7) is 0. The van der Waals surface area contributed by atoms with Gasteiger partial charge >= 0.3 is 23.9 Å². The monoisotopic (exact) mass is 557 g/mol. The van der Waals surface area contributed by atoms with Crippen molar-refractivity contribution in [3.05, 3.63) is 138 Å². The number of alkyl halides is 6. The molecule has 0 fully saturated rings. The van der Waals surface area contributed by atoms with Gasteiger partial charge in [0.05, 0.1) is 11.5 Å². The van der Waals surface area contributed by atoms with E-state index in [2.05, 4.69) is 10.1 Å². The fraction of sp³-hybridized carbons (Fsp3) is 0.133. The van der Waals surface area contributed by atoms with Crippen molar-refractivity contribution in [2.75, 3.05) is 5.32 Å². The predicted octanol–water partition coefficient (Wildman–Crippen LogP) is 7.63. The molecule has 0 radical (unpaired) electrons. The van der Waals surface area contributed by atoms with E-state index < -0.39 is 46.9 Å². The second-order valence-corrected chi connectivity index (χ2v) is 8.75. The number of carbonyl (C=O) groups is 2. The number of anilines is 1. The summed E-state index contributed by atoms with van der Waals surface area (Å²) in [7, 11) is 0. The van der Waals surface area contributed by atoms with E-state index in [9.17, 15) is 35.9 Å². The second-order valence-electron chi connectivity index (χ2n) is 8.75. The van der Waals surface area contributed by atoms with Crippen LogP contribution in [0.4, 0.5) is 32.0 Å². The van der Waals surface area contributed by atoms with Crippen LogP contribution in [0.25, 0.3) is 0 Å². The number of esters is 1. The Labute approximate surface area is 225 Å². The number of nitrogens with one attached hydrogen (secondary N) is 1. The highest BCUT2D eigenvalue weighted by Crippen LogP contribution is 2.53. The lowest BCUT2D eigenvalue weighted by molar-refractivity contribution is -0.373. The number of carbonyl (C=O) groups excluding carboxylic acids is 2. The zero-order chi connectivity index (χ0) is 29.0. The molecular weight excluding hydrogens is 536 g/mol. The first-order valence-corrected chi connectivity index (χ1v) is 11.9. The van der Waals surface area contributed by atoms with E-state index in [1.54, 1.807) is 60.7 Å². The molecule has 4 aromatic rings. The van der Waals surface area contributed by atoms with Gasteiger partial charge in [-0.05, 0) is 35.4 Å². The summed E-state index contributed by atoms with van der Waals surface area (Å²) in [4.78, 5) is 25.7. The van der Waals surface area contributed by atoms with E-state index in [1.165, 1.54) is 18.2 Å². The SMILES string of the molecule is O=C(OC(c1ccc(NC(=O)C(c2ccccc2)c2ccccc2)cc1)(C(F)(F)F)C(F)(F)F)c1ccccc1. The van der Waals surface area contributed by atoms with Gasteiger partial charge in [0.25, 0.3) is 0 Å². The maximum absolute atomic E-state index is 14.2. The third-order valence-electron chi connectivity index (χ3n) is 6.14. The lowest BCUT2D eigenvalue weighted by Crippen LogP contribution is -2.56. The minimum atomic E-state index is -6.06. The molecule has 0 atom stereocenters. The van der Waals surface area contributed by atoms with Crippen LogP contribution in [0.15, 0.2) is 115 Å². The Morgan fingerprint density at radius 2 is 1.02 bits per heavy atom. The first-order chi connectivity index (χ1) is 18.9. The molecule has 4 rings (SSSR count). The van der Waals surface area contributed by atoms with E-state index in [0.29, 0.717) is 23.3 Å². The maximum Gasteiger partial charge on any atom is 0.442 e. The molecule has 206 valence electrons. The molecule has 0 aliphatic carbocycles. The summed E-state index contributed by atoms with van der Waals surface area (Å²) < 4.78 is 89.2. The zero-order valence-corrected chi connectivity index (χ0v) is 20.5. The molecule has 0 spiro atoms. The van der Waals surface area contributed by atoms with Crippen molar-refractivity contribution >= 4 is 17.6 Å². The van der Waals surface area contributed by atoms with Crippen LogP contribution < -0.4 is 5.32 Å². The van der Waals surface area contributed by atoms with Gasteiger partial charge in [-0.3, -0.25) is 4.79 Å². The Morgan fingerprint density at radius 3 is 1.45 bits per heavy atom. The summed E-state index contributed by atoms with van der Waals surface area (Å²) in [6.07, 6.45) is -12.1. The highest BCUT2D eigenvalue weighted by Gasteiger charge is 2.75. The summed E-state index contributed by atoms with van der Waals surface area (Å²) in [5.74, 6) is -3.17. The topological polar surface area (TPSA) is 55.4 Å². The van der Waals surface area contributed by atoms with Crippen LogP contribution in [-0.4, -0.2) is 24.2 Å². The standard InChI is InChI=1S/C30H21F6NO3/c31-29(32,33)28(30(34,35)36,40-27(39)22-14-8-3-9-15-22)23-16-18-24(19-17-23)37-26(38)25(20-10-4-1-5-11-20)21-12-6-2-7-13-21/h1-19,25H,(H,37,38). The van der Waals surface area contributed by atoms with E-state index >= 15 is 0 Å². The number of amides is 1. The summed E-state index contributed by atoms with van der Waals surface area (Å²) in [6, 6.07) is 26.2. The molecular formula is C30H21F6NO3. The van der Waals surface area contributed by atoms with Crippen molar-refractivity contribution in [1.29, 1.82) is 0 Å². The third-order valence-corrected chi connectivity index (χ3v) is 6.14. The lowest BCUT2D eigenvalue weighted by Gasteiger charge is -2.36. The number of ether oxygens (including phenoxy) is 1. The van der Waals surface area contributed by atoms with Gasteiger partial charge in [0.1, 0.15) is 0 Å². The van der Waals surface area contributed by atoms with Crippen molar-refractivity contribution in [3.63, 3.8) is 0 Å². The highest BCUT2D eigenvalue weighted by molar-refractivity contribution is 5.98. The average molecular weight is 557 g/mol. The average Bonchev–Trinajstić information content (AvgIpc) is 2.92. The van der Waals surface area contributed by atoms with Crippen molar-refractivity contribution in [2.45, 2.75) is 23.9 Å². The summed E-state index contributed by atoms with van der Waals surface area (Å²) in [5, 5.41) is 2.55. The smallest absolute Gasteiger partial charge is 0.431 e. The third kappa shape index (κ3) is 5.70. The van der Waals surface area contributed by atoms with Crippen LogP contribution in [0.1, 0.15) is 33.0 Å². The molecule has 0 aliphatic rings. The largest absolute Gasteiger partial charge is 0.442 e. The minimum Gasteiger partial charge on any atom is -0.431 e. The molecule has 4 nitrogen and oxygen atoms in total. The van der Waals surface area contributed by atoms with Gasteiger partial charge in [0.2, 0.25) is 5.91 Å². The van der Waals surface area contributed by atoms with Gasteiger partial charge in [0.15, 0.2) is 0 Å². The number of rotatable bonds is 7. The number of benzene rings is 4. The number of hydrogen-bond acceptors (Lipinski definition) is 3. The molecule has 0 saturated carbocycles. The Hall–Kier alpha value is -4.60. The van der Waals surface area contributed by atoms with Crippen molar-refractivity contribution < 1.29 is 40.7 Å². The van der Waals surface area contributed by atoms with Crippen LogP contribution in [0, 0.1) is 0 Å². The van der Waals surface area contributed by atoms with Crippen LogP contribution >= 0.6 is 0 Å². The van der Waals surface area contributed by atoms with Crippen LogP contribution in [0.3, 0.4) is 0 Å². The van der Waals surface area contributed by atoms with Crippen molar-refractivity contribution in [3.8, 4) is 0 Å². The highest BCUT2D eigenvalue weighted by atomic mass is 19.4. The molecule has 0 aliphatic heterocycles. The van der Waals surface area contributed by atoms with Crippen LogP contribution in [0.2, 0.25) is 0 Å². The van der Waals surface area contributed by atoms with Gasteiger partial charge in [-0.25, -0.2) is 4.79 Å².